The summed E-state index contributed by atoms with van der Waals surface area (Å²) in [5.74, 6) is 3.64. The van der Waals surface area contributed by atoms with E-state index in [0.717, 1.165) is 66.8 Å². The van der Waals surface area contributed by atoms with Crippen molar-refractivity contribution in [3.8, 4) is 0 Å². The summed E-state index contributed by atoms with van der Waals surface area (Å²) in [5.41, 5.74) is 1.84. The third kappa shape index (κ3) is 4.01. The number of thioether (sulfide) groups is 1. The second-order valence-electron chi connectivity index (χ2n) is 7.30. The molecule has 1 aromatic carbocycles. The Morgan fingerprint density at radius 3 is 2.52 bits per heavy atom. The van der Waals surface area contributed by atoms with Crippen LogP contribution in [-0.4, -0.2) is 53.2 Å². The second-order valence-corrected chi connectivity index (χ2v) is 8.45. The van der Waals surface area contributed by atoms with E-state index in [1.807, 2.05) is 60.0 Å². The van der Waals surface area contributed by atoms with Gasteiger partial charge in [-0.1, -0.05) is 0 Å². The lowest BCUT2D eigenvalue weighted by Crippen LogP contribution is -2.40. The maximum Gasteiger partial charge on any atom is 0.254 e. The van der Waals surface area contributed by atoms with Gasteiger partial charge in [-0.25, -0.2) is 0 Å². The van der Waals surface area contributed by atoms with Gasteiger partial charge in [0.25, 0.3) is 5.91 Å². The Morgan fingerprint density at radius 2 is 1.85 bits per heavy atom. The number of hydrogen-bond donors (Lipinski definition) is 1. The first-order valence-corrected chi connectivity index (χ1v) is 10.8. The molecule has 3 heterocycles. The molecule has 27 heavy (non-hydrogen) atoms. The molecule has 0 unspecified atom stereocenters. The predicted molar refractivity (Wildman–Crippen MR) is 108 cm³/mol. The average Bonchev–Trinajstić information content (AvgIpc) is 3.14. The van der Waals surface area contributed by atoms with E-state index in [2.05, 4.69) is 4.90 Å². The smallest absolute Gasteiger partial charge is 0.254 e. The minimum Gasteiger partial charge on any atom is -0.464 e. The quantitative estimate of drug-likeness (QED) is 0.875. The number of amides is 1. The highest BCUT2D eigenvalue weighted by atomic mass is 32.2. The highest BCUT2D eigenvalue weighted by Gasteiger charge is 2.31. The number of carbonyl (C=O) groups is 1. The molecule has 5 nitrogen and oxygen atoms in total. The number of rotatable bonds is 3. The number of aliphatic hydroxyl groups excluding tert-OH is 1. The molecule has 0 saturated carbocycles. The van der Waals surface area contributed by atoms with Crippen LogP contribution in [0.3, 0.4) is 0 Å². The fraction of sp³-hybridized carbons (Fsp3) is 0.476. The maximum atomic E-state index is 13.1. The van der Waals surface area contributed by atoms with Crippen LogP contribution in [0.1, 0.15) is 40.8 Å². The van der Waals surface area contributed by atoms with Gasteiger partial charge in [-0.15, -0.1) is 0 Å². The summed E-state index contributed by atoms with van der Waals surface area (Å²) in [5, 5.41) is 9.67. The average molecular weight is 387 g/mol. The molecule has 6 heteroatoms. The van der Waals surface area contributed by atoms with Crippen LogP contribution < -0.4 is 4.90 Å². The molecule has 2 saturated heterocycles. The van der Waals surface area contributed by atoms with Gasteiger partial charge in [0.15, 0.2) is 0 Å². The van der Waals surface area contributed by atoms with E-state index in [1.165, 1.54) is 0 Å². The number of furan rings is 1. The molecule has 1 atom stereocenters. The van der Waals surface area contributed by atoms with E-state index in [-0.39, 0.29) is 18.1 Å². The van der Waals surface area contributed by atoms with Crippen LogP contribution >= 0.6 is 11.8 Å². The Hall–Kier alpha value is -1.92. The molecule has 144 valence electrons. The van der Waals surface area contributed by atoms with Gasteiger partial charge in [-0.3, -0.25) is 4.79 Å². The predicted octanol–water partition coefficient (Wildman–Crippen LogP) is 3.48. The zero-order valence-electron chi connectivity index (χ0n) is 15.6. The molecule has 2 fully saturated rings. The number of piperidine rings is 1. The monoisotopic (exact) mass is 386 g/mol. The number of nitrogens with zero attached hydrogens (tertiary/aromatic N) is 2. The number of anilines is 1. The van der Waals surface area contributed by atoms with Crippen LogP contribution in [0.25, 0.3) is 0 Å². The Kier molecular flexibility index (Phi) is 5.45. The highest BCUT2D eigenvalue weighted by molar-refractivity contribution is 7.99. The number of benzene rings is 1. The maximum absolute atomic E-state index is 13.1. The topological polar surface area (TPSA) is 56.9 Å². The van der Waals surface area contributed by atoms with E-state index < -0.39 is 0 Å². The van der Waals surface area contributed by atoms with E-state index in [9.17, 15) is 9.90 Å². The lowest BCUT2D eigenvalue weighted by molar-refractivity contribution is 0.0681. The Labute approximate surface area is 164 Å². The Bertz CT molecular complexity index is 781. The van der Waals surface area contributed by atoms with Crippen molar-refractivity contribution in [3.63, 3.8) is 0 Å². The largest absolute Gasteiger partial charge is 0.464 e. The molecular weight excluding hydrogens is 360 g/mol. The minimum absolute atomic E-state index is 0.00629. The lowest BCUT2D eigenvalue weighted by atomic mass is 10.1. The molecule has 0 aliphatic carbocycles. The minimum atomic E-state index is -0.179. The van der Waals surface area contributed by atoms with Crippen molar-refractivity contribution in [2.24, 2.45) is 0 Å². The van der Waals surface area contributed by atoms with Gasteiger partial charge in [0.05, 0.1) is 12.1 Å². The molecule has 2 aliphatic rings. The fourth-order valence-electron chi connectivity index (χ4n) is 3.82. The molecule has 0 radical (unpaired) electrons. The van der Waals surface area contributed by atoms with Crippen molar-refractivity contribution in [3.05, 3.63) is 53.5 Å². The molecule has 2 aliphatic heterocycles. The van der Waals surface area contributed by atoms with Gasteiger partial charge >= 0.3 is 0 Å². The molecular formula is C21H26N2O3S. The van der Waals surface area contributed by atoms with Crippen molar-refractivity contribution in [1.29, 1.82) is 0 Å². The fourth-order valence-corrected chi connectivity index (χ4v) is 4.88. The van der Waals surface area contributed by atoms with Gasteiger partial charge in [0, 0.05) is 42.4 Å². The standard InChI is InChI=1S/C21H26N2O3S/c1-15-2-7-20(26-15)19-14-27-13-12-23(19)21(25)16-3-5-17(6-4-16)22-10-8-18(24)9-11-22/h2-7,18-19,24H,8-14H2,1H3/t19-/m1/s1. The molecule has 1 aromatic heterocycles. The van der Waals surface area contributed by atoms with Crippen LogP contribution in [0.2, 0.25) is 0 Å². The normalized spacial score (nSPS) is 21.5. The number of aliphatic hydroxyl groups is 1. The van der Waals surface area contributed by atoms with Crippen molar-refractivity contribution in [2.45, 2.75) is 31.9 Å². The SMILES string of the molecule is Cc1ccc([C@H]2CSCCN2C(=O)c2ccc(N3CCC(O)CC3)cc2)o1. The first kappa shape index (κ1) is 18.4. The Morgan fingerprint density at radius 1 is 1.11 bits per heavy atom. The van der Waals surface area contributed by atoms with Gasteiger partial charge in [0.2, 0.25) is 0 Å². The number of carbonyl (C=O) groups excluding carboxylic acids is 1. The summed E-state index contributed by atoms with van der Waals surface area (Å²) in [6.45, 7) is 4.39. The first-order valence-electron chi connectivity index (χ1n) is 9.60. The zero-order chi connectivity index (χ0) is 18.8. The summed E-state index contributed by atoms with van der Waals surface area (Å²) in [6, 6.07) is 11.8. The zero-order valence-corrected chi connectivity index (χ0v) is 16.5. The van der Waals surface area contributed by atoms with Crippen molar-refractivity contribution >= 4 is 23.4 Å². The summed E-state index contributed by atoms with van der Waals surface area (Å²) < 4.78 is 5.81. The molecule has 0 spiro atoms. The van der Waals surface area contributed by atoms with Crippen LogP contribution in [0.4, 0.5) is 5.69 Å². The van der Waals surface area contributed by atoms with Crippen LogP contribution in [0.5, 0.6) is 0 Å². The van der Waals surface area contributed by atoms with E-state index in [1.54, 1.807) is 0 Å². The first-order chi connectivity index (χ1) is 13.1. The van der Waals surface area contributed by atoms with Crippen LogP contribution in [0.15, 0.2) is 40.8 Å². The third-order valence-electron chi connectivity index (χ3n) is 5.42. The van der Waals surface area contributed by atoms with Crippen molar-refractivity contribution in [1.82, 2.24) is 4.90 Å². The summed E-state index contributed by atoms with van der Waals surface area (Å²) >= 11 is 1.86. The van der Waals surface area contributed by atoms with Crippen molar-refractivity contribution < 1.29 is 14.3 Å². The number of aryl methyl sites for hydroxylation is 1. The molecule has 2 aromatic rings. The Balaban J connectivity index is 1.49. The molecule has 1 N–H and O–H groups in total. The second kappa shape index (κ2) is 7.98. The van der Waals surface area contributed by atoms with Gasteiger partial charge in [-0.05, 0) is 56.2 Å². The molecule has 4 rings (SSSR count). The van der Waals surface area contributed by atoms with Crippen LogP contribution in [0, 0.1) is 6.92 Å². The van der Waals surface area contributed by atoms with Crippen molar-refractivity contribution in [2.75, 3.05) is 36.0 Å². The summed E-state index contributed by atoms with van der Waals surface area (Å²) in [7, 11) is 0. The van der Waals surface area contributed by atoms with E-state index in [4.69, 9.17) is 4.42 Å². The van der Waals surface area contributed by atoms with Gasteiger partial charge in [-0.2, -0.15) is 11.8 Å². The summed E-state index contributed by atoms with van der Waals surface area (Å²) in [4.78, 5) is 17.4. The highest BCUT2D eigenvalue weighted by Crippen LogP contribution is 2.32. The van der Waals surface area contributed by atoms with Gasteiger partial charge < -0.3 is 19.3 Å². The lowest BCUT2D eigenvalue weighted by Gasteiger charge is -2.34. The van der Waals surface area contributed by atoms with E-state index in [0.29, 0.717) is 0 Å². The number of hydrogen-bond acceptors (Lipinski definition) is 5. The van der Waals surface area contributed by atoms with Crippen LogP contribution in [-0.2, 0) is 0 Å². The third-order valence-corrected chi connectivity index (χ3v) is 6.45. The summed E-state index contributed by atoms with van der Waals surface area (Å²) in [6.07, 6.45) is 1.42. The molecule has 1 amide bonds. The molecule has 0 bridgehead atoms. The van der Waals surface area contributed by atoms with Gasteiger partial charge in [0.1, 0.15) is 11.5 Å². The van der Waals surface area contributed by atoms with E-state index >= 15 is 0 Å².